The highest BCUT2D eigenvalue weighted by Crippen LogP contribution is 2.24. The highest BCUT2D eigenvalue weighted by molar-refractivity contribution is 5.94. The van der Waals surface area contributed by atoms with Crippen molar-refractivity contribution >= 4 is 11.8 Å². The Morgan fingerprint density at radius 1 is 0.967 bits per heavy atom. The topological polar surface area (TPSA) is 114 Å². The largest absolute Gasteiger partial charge is 0.416 e. The first-order valence-electron chi connectivity index (χ1n) is 9.89. The van der Waals surface area contributed by atoms with Gasteiger partial charge in [0.2, 0.25) is 17.7 Å². The van der Waals surface area contributed by atoms with Crippen LogP contribution in [0.2, 0.25) is 0 Å². The monoisotopic (exact) mass is 405 g/mol. The number of nitrogens with zero attached hydrogens (tertiary/aromatic N) is 3. The highest BCUT2D eigenvalue weighted by Gasteiger charge is 2.22. The van der Waals surface area contributed by atoms with E-state index < -0.39 is 0 Å². The van der Waals surface area contributed by atoms with Crippen LogP contribution in [0.5, 0.6) is 0 Å². The summed E-state index contributed by atoms with van der Waals surface area (Å²) < 4.78 is 5.75. The second-order valence-electron chi connectivity index (χ2n) is 7.35. The molecule has 30 heavy (non-hydrogen) atoms. The van der Waals surface area contributed by atoms with E-state index in [0.29, 0.717) is 17.3 Å². The summed E-state index contributed by atoms with van der Waals surface area (Å²) in [6.07, 6.45) is 1.59. The molecular weight excluding hydrogens is 382 g/mol. The summed E-state index contributed by atoms with van der Waals surface area (Å²) in [6.45, 7) is 1.76. The van der Waals surface area contributed by atoms with E-state index in [4.69, 9.17) is 10.2 Å². The van der Waals surface area contributed by atoms with Crippen molar-refractivity contribution in [2.75, 3.05) is 19.6 Å². The molecular formula is C22H23N5O3. The third-order valence-electron chi connectivity index (χ3n) is 5.14. The van der Waals surface area contributed by atoms with Crippen molar-refractivity contribution in [3.05, 3.63) is 60.2 Å². The van der Waals surface area contributed by atoms with Crippen LogP contribution in [0.4, 0.5) is 0 Å². The minimum Gasteiger partial charge on any atom is -0.416 e. The highest BCUT2D eigenvalue weighted by atomic mass is 16.4. The zero-order valence-corrected chi connectivity index (χ0v) is 16.5. The molecule has 0 bridgehead atoms. The fourth-order valence-corrected chi connectivity index (χ4v) is 3.53. The standard InChI is InChI=1S/C22H23N5O3/c23-19(28)14-27-12-10-18(11-13-27)24-20(29)15-6-8-17(9-7-15)22-26-25-21(30-22)16-4-2-1-3-5-16/h1-9,18H,10-14H2,(H2,23,28)(H,24,29). The first kappa shape index (κ1) is 19.8. The number of hydrogen-bond donors (Lipinski definition) is 2. The minimum absolute atomic E-state index is 0.0886. The van der Waals surface area contributed by atoms with E-state index in [1.807, 2.05) is 35.2 Å². The van der Waals surface area contributed by atoms with Crippen LogP contribution >= 0.6 is 0 Å². The Bertz CT molecular complexity index is 1010. The third kappa shape index (κ3) is 4.72. The van der Waals surface area contributed by atoms with E-state index in [1.54, 1.807) is 24.3 Å². The summed E-state index contributed by atoms with van der Waals surface area (Å²) in [5.74, 6) is 0.415. The molecule has 2 heterocycles. The zero-order valence-electron chi connectivity index (χ0n) is 16.5. The number of nitrogens with one attached hydrogen (secondary N) is 1. The zero-order chi connectivity index (χ0) is 20.9. The number of amides is 2. The lowest BCUT2D eigenvalue weighted by molar-refractivity contribution is -0.119. The molecule has 1 aliphatic heterocycles. The third-order valence-corrected chi connectivity index (χ3v) is 5.14. The molecule has 0 aliphatic carbocycles. The molecule has 4 rings (SSSR count). The molecule has 0 spiro atoms. The minimum atomic E-state index is -0.324. The van der Waals surface area contributed by atoms with Crippen molar-refractivity contribution in [1.82, 2.24) is 20.4 Å². The van der Waals surface area contributed by atoms with E-state index in [1.165, 1.54) is 0 Å². The van der Waals surface area contributed by atoms with Crippen LogP contribution in [0.3, 0.4) is 0 Å². The van der Waals surface area contributed by atoms with Gasteiger partial charge in [-0.1, -0.05) is 18.2 Å². The summed E-state index contributed by atoms with van der Waals surface area (Å²) in [5.41, 5.74) is 7.41. The van der Waals surface area contributed by atoms with E-state index >= 15 is 0 Å². The van der Waals surface area contributed by atoms with E-state index in [9.17, 15) is 9.59 Å². The van der Waals surface area contributed by atoms with Crippen LogP contribution in [0.1, 0.15) is 23.2 Å². The molecule has 2 aromatic carbocycles. The lowest BCUT2D eigenvalue weighted by Gasteiger charge is -2.31. The number of primary amides is 1. The van der Waals surface area contributed by atoms with Crippen molar-refractivity contribution in [2.45, 2.75) is 18.9 Å². The van der Waals surface area contributed by atoms with Crippen LogP contribution < -0.4 is 11.1 Å². The Labute approximate surface area is 174 Å². The van der Waals surface area contributed by atoms with Gasteiger partial charge in [0.15, 0.2) is 0 Å². The van der Waals surface area contributed by atoms with Crippen molar-refractivity contribution in [2.24, 2.45) is 5.73 Å². The number of benzene rings is 2. The maximum atomic E-state index is 12.6. The quantitative estimate of drug-likeness (QED) is 0.649. The van der Waals surface area contributed by atoms with Gasteiger partial charge in [-0.05, 0) is 49.2 Å². The van der Waals surface area contributed by atoms with Gasteiger partial charge in [0.05, 0.1) is 6.54 Å². The van der Waals surface area contributed by atoms with E-state index in [0.717, 1.165) is 37.1 Å². The number of rotatable bonds is 6. The molecule has 1 saturated heterocycles. The van der Waals surface area contributed by atoms with Gasteiger partial charge in [0.1, 0.15) is 0 Å². The van der Waals surface area contributed by atoms with E-state index in [2.05, 4.69) is 15.5 Å². The molecule has 0 atom stereocenters. The Kier molecular flexibility index (Phi) is 5.85. The molecule has 2 amide bonds. The fourth-order valence-electron chi connectivity index (χ4n) is 3.53. The first-order valence-corrected chi connectivity index (χ1v) is 9.89. The maximum Gasteiger partial charge on any atom is 0.251 e. The lowest BCUT2D eigenvalue weighted by Crippen LogP contribution is -2.46. The van der Waals surface area contributed by atoms with Gasteiger partial charge in [-0.2, -0.15) is 0 Å². The van der Waals surface area contributed by atoms with Crippen molar-refractivity contribution in [3.8, 4) is 22.9 Å². The van der Waals surface area contributed by atoms with Gasteiger partial charge < -0.3 is 15.5 Å². The van der Waals surface area contributed by atoms with Crippen LogP contribution in [0.25, 0.3) is 22.9 Å². The fraction of sp³-hybridized carbons (Fsp3) is 0.273. The SMILES string of the molecule is NC(=O)CN1CCC(NC(=O)c2ccc(-c3nnc(-c4ccccc4)o3)cc2)CC1. The summed E-state index contributed by atoms with van der Waals surface area (Å²) in [5, 5.41) is 11.3. The van der Waals surface area contributed by atoms with Gasteiger partial charge in [0, 0.05) is 35.8 Å². The molecule has 0 saturated carbocycles. The molecule has 8 heteroatoms. The number of likely N-dealkylation sites (tertiary alicyclic amines) is 1. The van der Waals surface area contributed by atoms with Crippen LogP contribution in [-0.2, 0) is 4.79 Å². The van der Waals surface area contributed by atoms with Crippen LogP contribution in [0, 0.1) is 0 Å². The molecule has 8 nitrogen and oxygen atoms in total. The average Bonchev–Trinajstić information content (AvgIpc) is 3.26. The average molecular weight is 405 g/mol. The predicted octanol–water partition coefficient (Wildman–Crippen LogP) is 2.08. The summed E-state index contributed by atoms with van der Waals surface area (Å²) in [4.78, 5) is 25.6. The van der Waals surface area contributed by atoms with Gasteiger partial charge in [-0.3, -0.25) is 14.5 Å². The van der Waals surface area contributed by atoms with Crippen molar-refractivity contribution < 1.29 is 14.0 Å². The summed E-state index contributed by atoms with van der Waals surface area (Å²) in [6, 6.07) is 16.7. The van der Waals surface area contributed by atoms with Crippen LogP contribution in [-0.4, -0.2) is 52.6 Å². The molecule has 3 N–H and O–H groups in total. The first-order chi connectivity index (χ1) is 14.6. The molecule has 1 aromatic heterocycles. The van der Waals surface area contributed by atoms with Gasteiger partial charge in [-0.25, -0.2) is 0 Å². The van der Waals surface area contributed by atoms with Gasteiger partial charge in [0.25, 0.3) is 5.91 Å². The number of carbonyl (C=O) groups excluding carboxylic acids is 2. The number of nitrogens with two attached hydrogens (primary N) is 1. The second-order valence-corrected chi connectivity index (χ2v) is 7.35. The number of hydrogen-bond acceptors (Lipinski definition) is 6. The van der Waals surface area contributed by atoms with E-state index in [-0.39, 0.29) is 24.4 Å². The smallest absolute Gasteiger partial charge is 0.251 e. The Hall–Kier alpha value is -3.52. The Balaban J connectivity index is 1.35. The predicted molar refractivity (Wildman–Crippen MR) is 111 cm³/mol. The number of carbonyl (C=O) groups is 2. The molecule has 1 aliphatic rings. The maximum absolute atomic E-state index is 12.6. The van der Waals surface area contributed by atoms with Gasteiger partial charge in [-0.15, -0.1) is 10.2 Å². The lowest BCUT2D eigenvalue weighted by atomic mass is 10.0. The number of piperidine rings is 1. The van der Waals surface area contributed by atoms with Crippen molar-refractivity contribution in [3.63, 3.8) is 0 Å². The number of aromatic nitrogens is 2. The molecule has 0 unspecified atom stereocenters. The van der Waals surface area contributed by atoms with Crippen molar-refractivity contribution in [1.29, 1.82) is 0 Å². The Morgan fingerprint density at radius 3 is 2.17 bits per heavy atom. The van der Waals surface area contributed by atoms with Gasteiger partial charge >= 0.3 is 0 Å². The second kappa shape index (κ2) is 8.87. The summed E-state index contributed by atoms with van der Waals surface area (Å²) in [7, 11) is 0. The normalized spacial score (nSPS) is 15.1. The Morgan fingerprint density at radius 2 is 1.57 bits per heavy atom. The molecule has 154 valence electrons. The molecule has 0 radical (unpaired) electrons. The molecule has 3 aromatic rings. The summed E-state index contributed by atoms with van der Waals surface area (Å²) >= 11 is 0. The molecule has 1 fully saturated rings. The van der Waals surface area contributed by atoms with Crippen LogP contribution in [0.15, 0.2) is 59.0 Å².